The van der Waals surface area contributed by atoms with Crippen molar-refractivity contribution in [1.29, 1.82) is 0 Å². The van der Waals surface area contributed by atoms with E-state index in [1.807, 2.05) is 6.07 Å². The van der Waals surface area contributed by atoms with E-state index < -0.39 is 9.84 Å². The molecule has 0 N–H and O–H groups in total. The zero-order valence-electron chi connectivity index (χ0n) is 9.07. The number of hydrogen-bond donors (Lipinski definition) is 0. The monoisotopic (exact) mass is 351 g/mol. The zero-order chi connectivity index (χ0) is 12.9. The lowest BCUT2D eigenvalue weighted by Gasteiger charge is -2.23. The SMILES string of the molecule is C=CCN(Cc1ccccc1)C(=O)C(F)(F)I. The van der Waals surface area contributed by atoms with E-state index >= 15 is 0 Å². The summed E-state index contributed by atoms with van der Waals surface area (Å²) in [5, 5.41) is 0. The first-order valence-corrected chi connectivity index (χ1v) is 6.04. The van der Waals surface area contributed by atoms with Crippen LogP contribution in [0.2, 0.25) is 0 Å². The highest BCUT2D eigenvalue weighted by Crippen LogP contribution is 2.26. The fourth-order valence-electron chi connectivity index (χ4n) is 1.36. The smallest absolute Gasteiger partial charge is 0.329 e. The molecule has 0 spiro atoms. The number of carbonyl (C=O) groups is 1. The Morgan fingerprint density at radius 2 is 2.00 bits per heavy atom. The lowest BCUT2D eigenvalue weighted by atomic mass is 10.2. The Morgan fingerprint density at radius 3 is 2.47 bits per heavy atom. The van der Waals surface area contributed by atoms with Crippen LogP contribution in [-0.4, -0.2) is 21.3 Å². The van der Waals surface area contributed by atoms with E-state index in [0.717, 1.165) is 33.1 Å². The molecule has 0 unspecified atom stereocenters. The first-order chi connectivity index (χ1) is 7.95. The van der Waals surface area contributed by atoms with Gasteiger partial charge in [0.2, 0.25) is 0 Å². The van der Waals surface area contributed by atoms with Crippen LogP contribution in [0.25, 0.3) is 0 Å². The third kappa shape index (κ3) is 4.41. The van der Waals surface area contributed by atoms with Crippen LogP contribution in [0, 0.1) is 0 Å². The molecule has 1 aromatic rings. The van der Waals surface area contributed by atoms with Crippen molar-refractivity contribution in [2.75, 3.05) is 6.54 Å². The van der Waals surface area contributed by atoms with Crippen molar-refractivity contribution in [3.8, 4) is 0 Å². The van der Waals surface area contributed by atoms with Gasteiger partial charge in [-0.05, 0) is 5.56 Å². The third-order valence-corrected chi connectivity index (χ3v) is 2.56. The third-order valence-electron chi connectivity index (χ3n) is 2.10. The van der Waals surface area contributed by atoms with E-state index in [2.05, 4.69) is 6.58 Å². The van der Waals surface area contributed by atoms with Gasteiger partial charge in [0.15, 0.2) is 0 Å². The highest BCUT2D eigenvalue weighted by molar-refractivity contribution is 14.1. The second-order valence-corrected chi connectivity index (χ2v) is 4.81. The number of carbonyl (C=O) groups excluding carboxylic acids is 1. The molecule has 0 heterocycles. The maximum absolute atomic E-state index is 13.0. The standard InChI is InChI=1S/C12H12F2INO/c1-2-8-16(11(17)12(13,14)15)9-10-6-4-3-5-7-10/h2-7H,1,8-9H2. The van der Waals surface area contributed by atoms with Crippen LogP contribution in [0.15, 0.2) is 43.0 Å². The van der Waals surface area contributed by atoms with Gasteiger partial charge in [-0.15, -0.1) is 6.58 Å². The number of halogens is 3. The van der Waals surface area contributed by atoms with Crippen LogP contribution in [0.4, 0.5) is 8.78 Å². The summed E-state index contributed by atoms with van der Waals surface area (Å²) in [7, 11) is 0. The number of amides is 1. The molecule has 0 saturated carbocycles. The Labute approximate surface area is 112 Å². The second-order valence-electron chi connectivity index (χ2n) is 3.46. The molecular formula is C12H12F2INO. The Kier molecular flexibility index (Phi) is 5.04. The number of rotatable bonds is 5. The first-order valence-electron chi connectivity index (χ1n) is 4.96. The lowest BCUT2D eigenvalue weighted by Crippen LogP contribution is -2.39. The molecule has 1 rings (SSSR count). The zero-order valence-corrected chi connectivity index (χ0v) is 11.2. The van der Waals surface area contributed by atoms with Gasteiger partial charge in [0.05, 0.1) is 0 Å². The van der Waals surface area contributed by atoms with E-state index in [1.165, 1.54) is 6.08 Å². The molecule has 92 valence electrons. The van der Waals surface area contributed by atoms with Gasteiger partial charge in [-0.3, -0.25) is 4.79 Å². The van der Waals surface area contributed by atoms with E-state index in [9.17, 15) is 13.6 Å². The summed E-state index contributed by atoms with van der Waals surface area (Å²) in [5.41, 5.74) is 0.809. The van der Waals surface area contributed by atoms with Gasteiger partial charge in [-0.25, -0.2) is 0 Å². The molecule has 2 nitrogen and oxygen atoms in total. The van der Waals surface area contributed by atoms with Crippen LogP contribution < -0.4 is 0 Å². The average molecular weight is 351 g/mol. The largest absolute Gasteiger partial charge is 0.372 e. The van der Waals surface area contributed by atoms with Crippen molar-refractivity contribution in [1.82, 2.24) is 4.90 Å². The van der Waals surface area contributed by atoms with Gasteiger partial charge in [0.25, 0.3) is 0 Å². The molecule has 1 amide bonds. The van der Waals surface area contributed by atoms with Crippen LogP contribution in [0.1, 0.15) is 5.56 Å². The number of benzene rings is 1. The minimum atomic E-state index is -3.38. The molecule has 0 atom stereocenters. The van der Waals surface area contributed by atoms with Crippen LogP contribution in [0.3, 0.4) is 0 Å². The molecule has 5 heteroatoms. The number of alkyl halides is 3. The molecule has 1 aromatic carbocycles. The molecule has 0 aliphatic heterocycles. The highest BCUT2D eigenvalue weighted by Gasteiger charge is 2.38. The normalized spacial score (nSPS) is 11.0. The first kappa shape index (κ1) is 14.1. The summed E-state index contributed by atoms with van der Waals surface area (Å²) in [6.07, 6.45) is 1.43. The Morgan fingerprint density at radius 1 is 1.41 bits per heavy atom. The molecule has 17 heavy (non-hydrogen) atoms. The second kappa shape index (κ2) is 6.09. The minimum Gasteiger partial charge on any atom is -0.329 e. The fraction of sp³-hybridized carbons (Fsp3) is 0.250. The molecule has 0 radical (unpaired) electrons. The predicted molar refractivity (Wildman–Crippen MR) is 71.0 cm³/mol. The summed E-state index contributed by atoms with van der Waals surface area (Å²) >= 11 is 0.841. The summed E-state index contributed by atoms with van der Waals surface area (Å²) in [5.74, 6) is -1.19. The molecule has 0 saturated heterocycles. The van der Waals surface area contributed by atoms with E-state index in [-0.39, 0.29) is 13.1 Å². The van der Waals surface area contributed by atoms with Crippen LogP contribution >= 0.6 is 22.6 Å². The van der Waals surface area contributed by atoms with E-state index in [1.54, 1.807) is 24.3 Å². The minimum absolute atomic E-state index is 0.103. The lowest BCUT2D eigenvalue weighted by molar-refractivity contribution is -0.144. The van der Waals surface area contributed by atoms with E-state index in [0.29, 0.717) is 0 Å². The summed E-state index contributed by atoms with van der Waals surface area (Å²) in [6.45, 7) is 3.73. The Balaban J connectivity index is 2.80. The molecule has 0 bridgehead atoms. The number of nitrogens with zero attached hydrogens (tertiary/aromatic N) is 1. The topological polar surface area (TPSA) is 20.3 Å². The average Bonchev–Trinajstić information content (AvgIpc) is 2.28. The van der Waals surface area contributed by atoms with Gasteiger partial charge < -0.3 is 4.90 Å². The molecule has 0 aliphatic carbocycles. The van der Waals surface area contributed by atoms with E-state index in [4.69, 9.17) is 0 Å². The molecule has 0 fully saturated rings. The molecular weight excluding hydrogens is 339 g/mol. The van der Waals surface area contributed by atoms with Crippen LogP contribution in [-0.2, 0) is 11.3 Å². The van der Waals surface area contributed by atoms with Gasteiger partial charge in [0, 0.05) is 35.7 Å². The van der Waals surface area contributed by atoms with Crippen molar-refractivity contribution in [2.24, 2.45) is 0 Å². The van der Waals surface area contributed by atoms with Gasteiger partial charge >= 0.3 is 9.84 Å². The van der Waals surface area contributed by atoms with Crippen molar-refractivity contribution >= 4 is 28.5 Å². The quantitative estimate of drug-likeness (QED) is 0.453. The fourth-order valence-corrected chi connectivity index (χ4v) is 1.70. The van der Waals surface area contributed by atoms with Crippen molar-refractivity contribution < 1.29 is 13.6 Å². The summed E-state index contributed by atoms with van der Waals surface area (Å²) in [6, 6.07) is 9.00. The molecule has 0 aromatic heterocycles. The summed E-state index contributed by atoms with van der Waals surface area (Å²) < 4.78 is 22.5. The summed E-state index contributed by atoms with van der Waals surface area (Å²) in [4.78, 5) is 12.6. The van der Waals surface area contributed by atoms with Crippen molar-refractivity contribution in [3.05, 3.63) is 48.6 Å². The Hall–Kier alpha value is -0.980. The maximum atomic E-state index is 13.0. The van der Waals surface area contributed by atoms with Gasteiger partial charge in [-0.1, -0.05) is 36.4 Å². The highest BCUT2D eigenvalue weighted by atomic mass is 127. The van der Waals surface area contributed by atoms with Gasteiger partial charge in [-0.2, -0.15) is 8.78 Å². The Bertz CT molecular complexity index is 389. The van der Waals surface area contributed by atoms with Crippen molar-refractivity contribution in [2.45, 2.75) is 10.5 Å². The van der Waals surface area contributed by atoms with Crippen molar-refractivity contribution in [3.63, 3.8) is 0 Å². The maximum Gasteiger partial charge on any atom is 0.372 e. The molecule has 0 aliphatic rings. The van der Waals surface area contributed by atoms with Crippen LogP contribution in [0.5, 0.6) is 0 Å². The number of hydrogen-bond acceptors (Lipinski definition) is 1. The predicted octanol–water partition coefficient (Wildman–Crippen LogP) is 3.23. The van der Waals surface area contributed by atoms with Gasteiger partial charge in [0.1, 0.15) is 0 Å².